The second kappa shape index (κ2) is 25.4. The number of methoxy groups -OCH3 is 1. The van der Waals surface area contributed by atoms with Gasteiger partial charge in [-0.15, -0.1) is 0 Å². The van der Waals surface area contributed by atoms with Crippen LogP contribution in [-0.2, 0) is 32.2 Å². The predicted octanol–water partition coefficient (Wildman–Crippen LogP) is 9.54. The molecule has 6 nitrogen and oxygen atoms in total. The number of hydrogen-bond acceptors (Lipinski definition) is 4. The summed E-state index contributed by atoms with van der Waals surface area (Å²) in [7, 11) is 1.79. The Kier molecular flexibility index (Phi) is 21.9. The molecule has 0 fully saturated rings. The fourth-order valence-electron chi connectivity index (χ4n) is 6.37. The summed E-state index contributed by atoms with van der Waals surface area (Å²) in [5.41, 5.74) is 2.25. The van der Waals surface area contributed by atoms with Gasteiger partial charge in [-0.05, 0) is 49.1 Å². The van der Waals surface area contributed by atoms with Gasteiger partial charge >= 0.3 is 5.97 Å². The van der Waals surface area contributed by atoms with E-state index in [0.717, 1.165) is 32.5 Å². The highest BCUT2D eigenvalue weighted by Gasteiger charge is 2.24. The first-order valence-corrected chi connectivity index (χ1v) is 18.9. The van der Waals surface area contributed by atoms with Gasteiger partial charge in [0.25, 0.3) is 0 Å². The maximum absolute atomic E-state index is 12.0. The molecule has 264 valence electrons. The number of rotatable bonds is 29. The van der Waals surface area contributed by atoms with Gasteiger partial charge < -0.3 is 14.3 Å². The smallest absolute Gasteiger partial charge is 0.306 e. The van der Waals surface area contributed by atoms with Crippen molar-refractivity contribution in [2.24, 2.45) is 5.41 Å². The van der Waals surface area contributed by atoms with E-state index >= 15 is 0 Å². The Hall–Kier alpha value is -2.60. The van der Waals surface area contributed by atoms with Gasteiger partial charge in [-0.3, -0.25) is 4.79 Å². The molecule has 2 heterocycles. The molecule has 0 aliphatic heterocycles. The SMILES string of the molecule is COCCCCCCCCCCC[n+]1ccc(-c2cc[n+](CCCCCCCCCCCOC(=O)CC(C)(C)CC(C)=O)cc2)cc1. The second-order valence-corrected chi connectivity index (χ2v) is 14.4. The molecular formula is C41H68N2O4+2. The molecule has 0 bridgehead atoms. The lowest BCUT2D eigenvalue weighted by Gasteiger charge is -2.21. The summed E-state index contributed by atoms with van der Waals surface area (Å²) in [6.45, 7) is 9.06. The van der Waals surface area contributed by atoms with E-state index in [2.05, 4.69) is 58.2 Å². The quantitative estimate of drug-likeness (QED) is 0.0499. The van der Waals surface area contributed by atoms with Crippen molar-refractivity contribution in [3.05, 3.63) is 49.1 Å². The average Bonchev–Trinajstić information content (AvgIpc) is 3.04. The Labute approximate surface area is 287 Å². The van der Waals surface area contributed by atoms with Gasteiger partial charge in [-0.1, -0.05) is 90.9 Å². The van der Waals surface area contributed by atoms with Crippen molar-refractivity contribution in [2.45, 2.75) is 162 Å². The van der Waals surface area contributed by atoms with E-state index in [4.69, 9.17) is 9.47 Å². The van der Waals surface area contributed by atoms with Crippen molar-refractivity contribution in [2.75, 3.05) is 20.3 Å². The monoisotopic (exact) mass is 653 g/mol. The van der Waals surface area contributed by atoms with E-state index in [-0.39, 0.29) is 17.2 Å². The Morgan fingerprint density at radius 2 is 0.915 bits per heavy atom. The molecule has 47 heavy (non-hydrogen) atoms. The number of aryl methyl sites for hydroxylation is 2. The third-order valence-electron chi connectivity index (χ3n) is 9.05. The van der Waals surface area contributed by atoms with Crippen molar-refractivity contribution < 1.29 is 28.2 Å². The van der Waals surface area contributed by atoms with E-state index in [1.807, 2.05) is 13.8 Å². The van der Waals surface area contributed by atoms with Crippen LogP contribution in [0.1, 0.15) is 149 Å². The zero-order valence-electron chi connectivity index (χ0n) is 30.6. The standard InChI is InChI=1S/C41H68N2O4/c1-37(44)35-41(2,3)36-40(45)47-34-22-18-14-10-6-8-12-16-20-28-43-31-25-39(26-32-43)38-23-29-42(30-24-38)27-19-15-11-7-5-9-13-17-21-33-46-4/h23-26,29-32H,5-22,27-28,33-36H2,1-4H3/q+2. The highest BCUT2D eigenvalue weighted by atomic mass is 16.5. The van der Waals surface area contributed by atoms with Crippen LogP contribution in [0.25, 0.3) is 11.1 Å². The van der Waals surface area contributed by atoms with Crippen LogP contribution in [0.2, 0.25) is 0 Å². The summed E-state index contributed by atoms with van der Waals surface area (Å²) in [4.78, 5) is 23.3. The molecule has 0 unspecified atom stereocenters. The van der Waals surface area contributed by atoms with E-state index in [9.17, 15) is 9.59 Å². The van der Waals surface area contributed by atoms with Gasteiger partial charge in [-0.2, -0.15) is 0 Å². The zero-order valence-corrected chi connectivity index (χ0v) is 30.6. The molecule has 0 aliphatic rings. The molecule has 0 saturated carbocycles. The maximum atomic E-state index is 12.0. The summed E-state index contributed by atoms with van der Waals surface area (Å²) >= 11 is 0. The molecule has 2 aromatic heterocycles. The topological polar surface area (TPSA) is 60.4 Å². The van der Waals surface area contributed by atoms with Crippen LogP contribution in [0.5, 0.6) is 0 Å². The van der Waals surface area contributed by atoms with Crippen molar-refractivity contribution in [1.82, 2.24) is 0 Å². The lowest BCUT2D eigenvalue weighted by Crippen LogP contribution is -2.33. The van der Waals surface area contributed by atoms with Crippen LogP contribution in [0.4, 0.5) is 0 Å². The first-order valence-electron chi connectivity index (χ1n) is 18.9. The fraction of sp³-hybridized carbons (Fsp3) is 0.707. The number of unbranched alkanes of at least 4 members (excludes halogenated alkanes) is 16. The molecule has 6 heteroatoms. The highest BCUT2D eigenvalue weighted by Crippen LogP contribution is 2.26. The highest BCUT2D eigenvalue weighted by molar-refractivity contribution is 5.77. The summed E-state index contributed by atoms with van der Waals surface area (Å²) in [5.74, 6) is -0.0665. The van der Waals surface area contributed by atoms with Gasteiger partial charge in [0.2, 0.25) is 0 Å². The summed E-state index contributed by atoms with van der Waals surface area (Å²) in [6.07, 6.45) is 32.4. The van der Waals surface area contributed by atoms with E-state index in [0.29, 0.717) is 19.4 Å². The third kappa shape index (κ3) is 21.1. The van der Waals surface area contributed by atoms with Crippen LogP contribution < -0.4 is 9.13 Å². The van der Waals surface area contributed by atoms with E-state index in [1.54, 1.807) is 14.0 Å². The van der Waals surface area contributed by atoms with Gasteiger partial charge in [0.15, 0.2) is 24.8 Å². The second-order valence-electron chi connectivity index (χ2n) is 14.4. The van der Waals surface area contributed by atoms with Crippen molar-refractivity contribution in [3.8, 4) is 11.1 Å². The molecule has 0 aromatic carbocycles. The molecule has 0 N–H and O–H groups in total. The number of Topliss-reactive ketones (excluding diaryl/α,β-unsaturated/α-hetero) is 1. The number of carbonyl (C=O) groups is 2. The van der Waals surface area contributed by atoms with Crippen molar-refractivity contribution >= 4 is 11.8 Å². The normalized spacial score (nSPS) is 11.6. The third-order valence-corrected chi connectivity index (χ3v) is 9.05. The molecule has 0 amide bonds. The summed E-state index contributed by atoms with van der Waals surface area (Å²) < 4.78 is 15.1. The minimum atomic E-state index is -0.317. The van der Waals surface area contributed by atoms with Gasteiger partial charge in [0, 0.05) is 57.2 Å². The molecule has 0 atom stereocenters. The maximum Gasteiger partial charge on any atom is 0.306 e. The summed E-state index contributed by atoms with van der Waals surface area (Å²) in [5, 5.41) is 0. The van der Waals surface area contributed by atoms with Gasteiger partial charge in [0.1, 0.15) is 18.9 Å². The minimum Gasteiger partial charge on any atom is -0.466 e. The molecule has 0 spiro atoms. The first kappa shape index (κ1) is 40.6. The lowest BCUT2D eigenvalue weighted by atomic mass is 9.84. The van der Waals surface area contributed by atoms with Gasteiger partial charge in [-0.25, -0.2) is 9.13 Å². The zero-order chi connectivity index (χ0) is 34.0. The number of nitrogens with zero attached hydrogens (tertiary/aromatic N) is 2. The van der Waals surface area contributed by atoms with Crippen molar-refractivity contribution in [1.29, 1.82) is 0 Å². The number of ether oxygens (including phenoxy) is 2. The molecule has 0 aliphatic carbocycles. The fourth-order valence-corrected chi connectivity index (χ4v) is 6.37. The van der Waals surface area contributed by atoms with Crippen LogP contribution in [0.15, 0.2) is 49.1 Å². The van der Waals surface area contributed by atoms with Gasteiger partial charge in [0.05, 0.1) is 13.0 Å². The Morgan fingerprint density at radius 3 is 1.30 bits per heavy atom. The number of hydrogen-bond donors (Lipinski definition) is 0. The molecule has 0 saturated heterocycles. The minimum absolute atomic E-state index is 0.117. The number of pyridine rings is 2. The van der Waals surface area contributed by atoms with E-state index in [1.165, 1.54) is 114 Å². The first-order chi connectivity index (χ1) is 22.8. The van der Waals surface area contributed by atoms with E-state index < -0.39 is 0 Å². The Balaban J connectivity index is 1.45. The summed E-state index contributed by atoms with van der Waals surface area (Å²) in [6, 6.07) is 8.99. The van der Waals surface area contributed by atoms with Crippen LogP contribution in [-0.4, -0.2) is 32.1 Å². The van der Waals surface area contributed by atoms with Crippen LogP contribution in [0.3, 0.4) is 0 Å². The number of ketones is 1. The van der Waals surface area contributed by atoms with Crippen LogP contribution in [0, 0.1) is 5.41 Å². The molecule has 0 radical (unpaired) electrons. The Morgan fingerprint density at radius 1 is 0.553 bits per heavy atom. The average molecular weight is 653 g/mol. The van der Waals surface area contributed by atoms with Crippen molar-refractivity contribution in [3.63, 3.8) is 0 Å². The number of carbonyl (C=O) groups excluding carboxylic acids is 2. The van der Waals surface area contributed by atoms with Crippen LogP contribution >= 0.6 is 0 Å². The number of aromatic nitrogens is 2. The molecule has 2 aromatic rings. The predicted molar refractivity (Wildman–Crippen MR) is 192 cm³/mol. The number of esters is 1. The molecule has 2 rings (SSSR count). The molecular weight excluding hydrogens is 584 g/mol. The Bertz CT molecular complexity index is 1080. The lowest BCUT2D eigenvalue weighted by molar-refractivity contribution is -0.697. The largest absolute Gasteiger partial charge is 0.466 e.